The number of ether oxygens (including phenoxy) is 1. The molecular formula is C12H16O3. The van der Waals surface area contributed by atoms with Gasteiger partial charge in [0.1, 0.15) is 0 Å². The molecule has 1 aromatic carbocycles. The van der Waals surface area contributed by atoms with Crippen LogP contribution in [0.15, 0.2) is 24.3 Å². The molecule has 0 saturated heterocycles. The first-order chi connectivity index (χ1) is 7.15. The van der Waals surface area contributed by atoms with Gasteiger partial charge in [-0.25, -0.2) is 4.79 Å². The van der Waals surface area contributed by atoms with Crippen LogP contribution in [0.4, 0.5) is 0 Å². The second-order valence-electron chi connectivity index (χ2n) is 3.47. The summed E-state index contributed by atoms with van der Waals surface area (Å²) < 4.78 is 5.32. The molecule has 1 N–H and O–H groups in total. The summed E-state index contributed by atoms with van der Waals surface area (Å²) in [6, 6.07) is 7.81. The molecule has 0 saturated carbocycles. The number of aliphatic carboxylic acids is 1. The van der Waals surface area contributed by atoms with Gasteiger partial charge < -0.3 is 9.84 Å². The molecule has 3 heteroatoms. The highest BCUT2D eigenvalue weighted by Crippen LogP contribution is 2.10. The summed E-state index contributed by atoms with van der Waals surface area (Å²) in [4.78, 5) is 10.7. The zero-order chi connectivity index (χ0) is 11.3. The van der Waals surface area contributed by atoms with Crippen molar-refractivity contribution in [3.8, 4) is 0 Å². The van der Waals surface area contributed by atoms with E-state index in [1.54, 1.807) is 6.92 Å². The van der Waals surface area contributed by atoms with Gasteiger partial charge in [-0.15, -0.1) is 0 Å². The van der Waals surface area contributed by atoms with Crippen LogP contribution < -0.4 is 0 Å². The maximum Gasteiger partial charge on any atom is 0.332 e. The predicted molar refractivity (Wildman–Crippen MR) is 57.7 cm³/mol. The minimum Gasteiger partial charge on any atom is -0.479 e. The zero-order valence-electron chi connectivity index (χ0n) is 9.06. The van der Waals surface area contributed by atoms with Crippen LogP contribution in [0.1, 0.15) is 24.5 Å². The third kappa shape index (κ3) is 3.36. The van der Waals surface area contributed by atoms with Gasteiger partial charge >= 0.3 is 5.97 Å². The number of carboxylic acid groups (broad SMARTS) is 1. The second kappa shape index (κ2) is 5.51. The predicted octanol–water partition coefficient (Wildman–Crippen LogP) is 2.37. The first kappa shape index (κ1) is 11.7. The standard InChI is InChI=1S/C12H16O3/c1-3-11(12(13)14)15-8-10-7-5-4-6-9(10)2/h4-7,11H,3,8H2,1-2H3,(H,13,14). The molecule has 0 radical (unpaired) electrons. The summed E-state index contributed by atoms with van der Waals surface area (Å²) in [6.45, 7) is 4.15. The van der Waals surface area contributed by atoms with Crippen LogP contribution in [0.5, 0.6) is 0 Å². The molecule has 0 spiro atoms. The van der Waals surface area contributed by atoms with Gasteiger partial charge in [-0.2, -0.15) is 0 Å². The fourth-order valence-corrected chi connectivity index (χ4v) is 1.33. The van der Waals surface area contributed by atoms with Crippen molar-refractivity contribution in [2.45, 2.75) is 33.0 Å². The number of benzene rings is 1. The quantitative estimate of drug-likeness (QED) is 0.808. The van der Waals surface area contributed by atoms with E-state index in [-0.39, 0.29) is 0 Å². The van der Waals surface area contributed by atoms with Gasteiger partial charge in [-0.05, 0) is 24.5 Å². The summed E-state index contributed by atoms with van der Waals surface area (Å²) in [6.07, 6.45) is -0.217. The third-order valence-corrected chi connectivity index (χ3v) is 2.35. The van der Waals surface area contributed by atoms with Crippen LogP contribution >= 0.6 is 0 Å². The lowest BCUT2D eigenvalue weighted by Crippen LogP contribution is -2.22. The number of hydrogen-bond donors (Lipinski definition) is 1. The molecule has 0 aliphatic carbocycles. The lowest BCUT2D eigenvalue weighted by Gasteiger charge is -2.12. The van der Waals surface area contributed by atoms with Crippen LogP contribution in [0, 0.1) is 6.92 Å². The molecule has 0 aliphatic heterocycles. The summed E-state index contributed by atoms with van der Waals surface area (Å²) in [7, 11) is 0. The van der Waals surface area contributed by atoms with E-state index < -0.39 is 12.1 Å². The lowest BCUT2D eigenvalue weighted by atomic mass is 10.1. The number of carbonyl (C=O) groups is 1. The SMILES string of the molecule is CCC(OCc1ccccc1C)C(=O)O. The molecule has 0 fully saturated rings. The molecule has 1 atom stereocenters. The first-order valence-electron chi connectivity index (χ1n) is 5.04. The highest BCUT2D eigenvalue weighted by atomic mass is 16.5. The number of hydrogen-bond acceptors (Lipinski definition) is 2. The minimum atomic E-state index is -0.897. The molecule has 0 aromatic heterocycles. The number of carboxylic acids is 1. The number of rotatable bonds is 5. The van der Waals surface area contributed by atoms with E-state index in [0.29, 0.717) is 13.0 Å². The van der Waals surface area contributed by atoms with Gasteiger partial charge in [0.15, 0.2) is 6.10 Å². The Labute approximate surface area is 89.7 Å². The van der Waals surface area contributed by atoms with E-state index in [0.717, 1.165) is 11.1 Å². The molecule has 1 aromatic rings. The summed E-state index contributed by atoms with van der Waals surface area (Å²) in [5, 5.41) is 8.80. The maximum absolute atomic E-state index is 10.7. The Morgan fingerprint density at radius 2 is 2.13 bits per heavy atom. The highest BCUT2D eigenvalue weighted by Gasteiger charge is 2.15. The topological polar surface area (TPSA) is 46.5 Å². The van der Waals surface area contributed by atoms with E-state index >= 15 is 0 Å². The molecule has 1 unspecified atom stereocenters. The van der Waals surface area contributed by atoms with Crippen molar-refractivity contribution in [3.05, 3.63) is 35.4 Å². The molecule has 0 bridgehead atoms. The normalized spacial score (nSPS) is 12.4. The average Bonchev–Trinajstić information content (AvgIpc) is 2.21. The van der Waals surface area contributed by atoms with E-state index in [2.05, 4.69) is 0 Å². The van der Waals surface area contributed by atoms with Gasteiger partial charge in [0.2, 0.25) is 0 Å². The fourth-order valence-electron chi connectivity index (χ4n) is 1.33. The maximum atomic E-state index is 10.7. The largest absolute Gasteiger partial charge is 0.479 e. The summed E-state index contributed by atoms with van der Waals surface area (Å²) in [5.74, 6) is -0.897. The van der Waals surface area contributed by atoms with Crippen molar-refractivity contribution in [3.63, 3.8) is 0 Å². The zero-order valence-corrected chi connectivity index (χ0v) is 9.06. The van der Waals surface area contributed by atoms with Gasteiger partial charge in [0.25, 0.3) is 0 Å². The molecule has 15 heavy (non-hydrogen) atoms. The van der Waals surface area contributed by atoms with Gasteiger partial charge in [0.05, 0.1) is 6.61 Å². The molecule has 1 rings (SSSR count). The third-order valence-electron chi connectivity index (χ3n) is 2.35. The molecule has 3 nitrogen and oxygen atoms in total. The fraction of sp³-hybridized carbons (Fsp3) is 0.417. The minimum absolute atomic E-state index is 0.359. The van der Waals surface area contributed by atoms with Gasteiger partial charge in [-0.3, -0.25) is 0 Å². The Morgan fingerprint density at radius 1 is 1.47 bits per heavy atom. The number of aryl methyl sites for hydroxylation is 1. The lowest BCUT2D eigenvalue weighted by molar-refractivity contribution is -0.151. The van der Waals surface area contributed by atoms with Crippen LogP contribution in [0.2, 0.25) is 0 Å². The van der Waals surface area contributed by atoms with E-state index in [4.69, 9.17) is 9.84 Å². The molecule has 82 valence electrons. The monoisotopic (exact) mass is 208 g/mol. The molecule has 0 amide bonds. The van der Waals surface area contributed by atoms with E-state index in [9.17, 15) is 4.79 Å². The Morgan fingerprint density at radius 3 is 2.67 bits per heavy atom. The Kier molecular flexibility index (Phi) is 4.31. The Balaban J connectivity index is 2.56. The molecule has 0 heterocycles. The summed E-state index contributed by atoms with van der Waals surface area (Å²) >= 11 is 0. The first-order valence-corrected chi connectivity index (χ1v) is 5.04. The average molecular weight is 208 g/mol. The van der Waals surface area contributed by atoms with Crippen molar-refractivity contribution in [2.24, 2.45) is 0 Å². The Hall–Kier alpha value is -1.35. The van der Waals surface area contributed by atoms with Crippen molar-refractivity contribution in [1.29, 1.82) is 0 Å². The van der Waals surface area contributed by atoms with Crippen LogP contribution in [0.25, 0.3) is 0 Å². The Bertz CT molecular complexity index is 333. The van der Waals surface area contributed by atoms with Crippen LogP contribution in [-0.2, 0) is 16.1 Å². The van der Waals surface area contributed by atoms with E-state index in [1.807, 2.05) is 31.2 Å². The van der Waals surface area contributed by atoms with Crippen molar-refractivity contribution >= 4 is 5.97 Å². The van der Waals surface area contributed by atoms with Crippen LogP contribution in [-0.4, -0.2) is 17.2 Å². The van der Waals surface area contributed by atoms with E-state index in [1.165, 1.54) is 0 Å². The molecular weight excluding hydrogens is 192 g/mol. The smallest absolute Gasteiger partial charge is 0.332 e. The van der Waals surface area contributed by atoms with Crippen LogP contribution in [0.3, 0.4) is 0 Å². The molecule has 0 aliphatic rings. The van der Waals surface area contributed by atoms with Crippen molar-refractivity contribution < 1.29 is 14.6 Å². The summed E-state index contributed by atoms with van der Waals surface area (Å²) in [5.41, 5.74) is 2.16. The van der Waals surface area contributed by atoms with Gasteiger partial charge in [-0.1, -0.05) is 31.2 Å². The van der Waals surface area contributed by atoms with Gasteiger partial charge in [0, 0.05) is 0 Å². The highest BCUT2D eigenvalue weighted by molar-refractivity contribution is 5.72. The second-order valence-corrected chi connectivity index (χ2v) is 3.47. The van der Waals surface area contributed by atoms with Crippen molar-refractivity contribution in [2.75, 3.05) is 0 Å². The van der Waals surface area contributed by atoms with Crippen molar-refractivity contribution in [1.82, 2.24) is 0 Å².